The lowest BCUT2D eigenvalue weighted by atomic mass is 9.78. The third kappa shape index (κ3) is 2.87. The van der Waals surface area contributed by atoms with E-state index in [0.29, 0.717) is 13.1 Å². The van der Waals surface area contributed by atoms with Gasteiger partial charge in [0, 0.05) is 19.1 Å². The first-order valence-electron chi connectivity index (χ1n) is 7.92. The molecule has 3 rings (SSSR count). The molecule has 0 aromatic heterocycles. The number of methoxy groups -OCH3 is 1. The van der Waals surface area contributed by atoms with Gasteiger partial charge in [0.25, 0.3) is 5.69 Å². The van der Waals surface area contributed by atoms with Crippen molar-refractivity contribution >= 4 is 15.7 Å². The Morgan fingerprint density at radius 2 is 2.08 bits per heavy atom. The summed E-state index contributed by atoms with van der Waals surface area (Å²) in [4.78, 5) is 10.3. The van der Waals surface area contributed by atoms with Crippen molar-refractivity contribution in [1.82, 2.24) is 4.31 Å². The topological polar surface area (TPSA) is 116 Å². The summed E-state index contributed by atoms with van der Waals surface area (Å²) >= 11 is 0. The highest BCUT2D eigenvalue weighted by molar-refractivity contribution is 7.89. The predicted octanol–water partition coefficient (Wildman–Crippen LogP) is 1.35. The number of ether oxygens (including phenoxy) is 1. The zero-order valence-corrected chi connectivity index (χ0v) is 14.2. The monoisotopic (exact) mass is 355 g/mol. The summed E-state index contributed by atoms with van der Waals surface area (Å²) in [6.45, 7) is 0.710. The molecule has 3 unspecified atom stereocenters. The Morgan fingerprint density at radius 1 is 1.33 bits per heavy atom. The lowest BCUT2D eigenvalue weighted by Gasteiger charge is -2.29. The van der Waals surface area contributed by atoms with Crippen LogP contribution >= 0.6 is 0 Å². The minimum absolute atomic E-state index is 0.00481. The molecule has 132 valence electrons. The minimum Gasteiger partial charge on any atom is -0.497 e. The van der Waals surface area contributed by atoms with Gasteiger partial charge < -0.3 is 10.5 Å². The Labute approximate surface area is 140 Å². The Bertz CT molecular complexity index is 751. The minimum atomic E-state index is -3.94. The lowest BCUT2D eigenvalue weighted by Crippen LogP contribution is -2.38. The Hall–Kier alpha value is -1.71. The summed E-state index contributed by atoms with van der Waals surface area (Å²) in [7, 11) is -2.57. The summed E-state index contributed by atoms with van der Waals surface area (Å²) in [6, 6.07) is 3.81. The second-order valence-electron chi connectivity index (χ2n) is 6.43. The van der Waals surface area contributed by atoms with Gasteiger partial charge in [0.15, 0.2) is 4.90 Å². The fourth-order valence-corrected chi connectivity index (χ4v) is 5.47. The Morgan fingerprint density at radius 3 is 2.71 bits per heavy atom. The molecule has 2 aliphatic rings. The Balaban J connectivity index is 1.95. The van der Waals surface area contributed by atoms with Gasteiger partial charge in [-0.3, -0.25) is 10.1 Å². The van der Waals surface area contributed by atoms with Crippen LogP contribution in [-0.2, 0) is 10.0 Å². The summed E-state index contributed by atoms with van der Waals surface area (Å²) in [6.07, 6.45) is 2.85. The maximum Gasteiger partial charge on any atom is 0.293 e. The molecule has 2 N–H and O–H groups in total. The van der Waals surface area contributed by atoms with Gasteiger partial charge >= 0.3 is 0 Å². The van der Waals surface area contributed by atoms with E-state index in [1.807, 2.05) is 0 Å². The molecule has 1 aromatic carbocycles. The smallest absolute Gasteiger partial charge is 0.293 e. The predicted molar refractivity (Wildman–Crippen MR) is 87.2 cm³/mol. The van der Waals surface area contributed by atoms with Crippen molar-refractivity contribution in [3.8, 4) is 5.75 Å². The number of benzene rings is 1. The molecule has 0 spiro atoms. The van der Waals surface area contributed by atoms with Crippen molar-refractivity contribution in [2.75, 3.05) is 20.2 Å². The van der Waals surface area contributed by atoms with Crippen molar-refractivity contribution in [2.45, 2.75) is 30.2 Å². The van der Waals surface area contributed by atoms with Crippen LogP contribution in [0, 0.1) is 22.0 Å². The lowest BCUT2D eigenvalue weighted by molar-refractivity contribution is -0.387. The molecule has 0 bridgehead atoms. The molecule has 1 aromatic rings. The maximum atomic E-state index is 12.9. The summed E-state index contributed by atoms with van der Waals surface area (Å²) in [5.74, 6) is 0.615. The van der Waals surface area contributed by atoms with Crippen LogP contribution in [0.25, 0.3) is 0 Å². The van der Waals surface area contributed by atoms with Gasteiger partial charge in [-0.25, -0.2) is 8.42 Å². The number of hydrogen-bond acceptors (Lipinski definition) is 6. The van der Waals surface area contributed by atoms with Crippen LogP contribution < -0.4 is 10.5 Å². The van der Waals surface area contributed by atoms with Crippen LogP contribution in [0.3, 0.4) is 0 Å². The molecule has 1 heterocycles. The molecule has 0 amide bonds. The van der Waals surface area contributed by atoms with Crippen LogP contribution in [-0.4, -0.2) is 43.9 Å². The zero-order valence-electron chi connectivity index (χ0n) is 13.4. The van der Waals surface area contributed by atoms with Crippen LogP contribution in [0.1, 0.15) is 19.3 Å². The second-order valence-corrected chi connectivity index (χ2v) is 8.34. The third-order valence-electron chi connectivity index (χ3n) is 5.10. The summed E-state index contributed by atoms with van der Waals surface area (Å²) in [5, 5.41) is 11.3. The summed E-state index contributed by atoms with van der Waals surface area (Å²) < 4.78 is 32.2. The number of rotatable bonds is 4. The SMILES string of the molecule is COc1ccc(S(=O)(=O)N2CC3CCCC(N)C3C2)c([N+](=O)[O-])c1. The van der Waals surface area contributed by atoms with Crippen LogP contribution in [0.15, 0.2) is 23.1 Å². The van der Waals surface area contributed by atoms with Crippen molar-refractivity contribution < 1.29 is 18.1 Å². The highest BCUT2D eigenvalue weighted by Gasteiger charge is 2.44. The average Bonchev–Trinajstić information content (AvgIpc) is 3.00. The van der Waals surface area contributed by atoms with E-state index >= 15 is 0 Å². The van der Waals surface area contributed by atoms with Gasteiger partial charge in [-0.15, -0.1) is 0 Å². The molecule has 9 heteroatoms. The number of nitro benzene ring substituents is 1. The average molecular weight is 355 g/mol. The molecule has 2 fully saturated rings. The third-order valence-corrected chi connectivity index (χ3v) is 6.98. The second kappa shape index (κ2) is 6.30. The summed E-state index contributed by atoms with van der Waals surface area (Å²) in [5.41, 5.74) is 5.67. The van der Waals surface area contributed by atoms with Gasteiger partial charge in [-0.1, -0.05) is 6.42 Å². The number of fused-ring (bicyclic) bond motifs is 1. The van der Waals surface area contributed by atoms with Gasteiger partial charge in [-0.2, -0.15) is 4.31 Å². The van der Waals surface area contributed by atoms with E-state index in [1.54, 1.807) is 0 Å². The van der Waals surface area contributed by atoms with E-state index in [0.717, 1.165) is 25.3 Å². The number of sulfonamides is 1. The fraction of sp³-hybridized carbons (Fsp3) is 0.600. The van der Waals surface area contributed by atoms with E-state index in [9.17, 15) is 18.5 Å². The first-order valence-corrected chi connectivity index (χ1v) is 9.36. The zero-order chi connectivity index (χ0) is 17.5. The van der Waals surface area contributed by atoms with E-state index in [2.05, 4.69) is 0 Å². The molecular weight excluding hydrogens is 334 g/mol. The molecule has 1 saturated heterocycles. The van der Waals surface area contributed by atoms with Gasteiger partial charge in [0.05, 0.1) is 18.1 Å². The molecule has 1 aliphatic carbocycles. The first-order chi connectivity index (χ1) is 11.3. The van der Waals surface area contributed by atoms with E-state index in [4.69, 9.17) is 10.5 Å². The molecular formula is C15H21N3O5S. The van der Waals surface area contributed by atoms with Crippen molar-refractivity contribution in [3.63, 3.8) is 0 Å². The van der Waals surface area contributed by atoms with Crippen LogP contribution in [0.4, 0.5) is 5.69 Å². The molecule has 1 aliphatic heterocycles. The molecule has 8 nitrogen and oxygen atoms in total. The fourth-order valence-electron chi connectivity index (χ4n) is 3.80. The maximum absolute atomic E-state index is 12.9. The van der Waals surface area contributed by atoms with E-state index in [-0.39, 0.29) is 28.5 Å². The molecule has 24 heavy (non-hydrogen) atoms. The van der Waals surface area contributed by atoms with Crippen molar-refractivity contribution in [3.05, 3.63) is 28.3 Å². The first kappa shape index (κ1) is 17.1. The van der Waals surface area contributed by atoms with Gasteiger partial charge in [-0.05, 0) is 36.8 Å². The van der Waals surface area contributed by atoms with Gasteiger partial charge in [0.2, 0.25) is 10.0 Å². The quantitative estimate of drug-likeness (QED) is 0.644. The number of nitrogens with two attached hydrogens (primary N) is 1. The van der Waals surface area contributed by atoms with E-state index < -0.39 is 20.6 Å². The van der Waals surface area contributed by atoms with E-state index in [1.165, 1.54) is 23.5 Å². The van der Waals surface area contributed by atoms with Crippen LogP contribution in [0.2, 0.25) is 0 Å². The highest BCUT2D eigenvalue weighted by Crippen LogP contribution is 2.39. The number of nitro groups is 1. The highest BCUT2D eigenvalue weighted by atomic mass is 32.2. The van der Waals surface area contributed by atoms with Crippen molar-refractivity contribution in [2.24, 2.45) is 17.6 Å². The molecule has 3 atom stereocenters. The van der Waals surface area contributed by atoms with Crippen LogP contribution in [0.5, 0.6) is 5.75 Å². The Kier molecular flexibility index (Phi) is 4.50. The number of hydrogen-bond donors (Lipinski definition) is 1. The standard InChI is InChI=1S/C15H21N3O5S/c1-23-11-5-6-15(14(7-11)18(19)20)24(21,22)17-8-10-3-2-4-13(16)12(10)9-17/h5-7,10,12-13H,2-4,8-9,16H2,1H3. The number of nitrogens with zero attached hydrogens (tertiary/aromatic N) is 2. The normalized spacial score (nSPS) is 27.7. The largest absolute Gasteiger partial charge is 0.497 e. The van der Waals surface area contributed by atoms with Gasteiger partial charge in [0.1, 0.15) is 5.75 Å². The molecule has 1 saturated carbocycles. The van der Waals surface area contributed by atoms with Crippen molar-refractivity contribution in [1.29, 1.82) is 0 Å². The molecule has 0 radical (unpaired) electrons.